The van der Waals surface area contributed by atoms with Gasteiger partial charge in [-0.1, -0.05) is 0 Å². The number of halogens is 1. The summed E-state index contributed by atoms with van der Waals surface area (Å²) in [5, 5.41) is 8.82. The molecule has 108 valence electrons. The first-order valence-electron chi connectivity index (χ1n) is 6.33. The van der Waals surface area contributed by atoms with Gasteiger partial charge in [0.1, 0.15) is 23.2 Å². The Bertz CT molecular complexity index is 720. The summed E-state index contributed by atoms with van der Waals surface area (Å²) in [6, 6.07) is 8.85. The normalized spacial score (nSPS) is 11.0. The molecule has 0 saturated heterocycles. The summed E-state index contributed by atoms with van der Waals surface area (Å²) >= 11 is 0. The van der Waals surface area contributed by atoms with Crippen molar-refractivity contribution < 1.29 is 18.3 Å². The van der Waals surface area contributed by atoms with Gasteiger partial charge in [-0.2, -0.15) is 5.26 Å². The summed E-state index contributed by atoms with van der Waals surface area (Å²) < 4.78 is 23.9. The van der Waals surface area contributed by atoms with Crippen LogP contribution in [0, 0.1) is 17.1 Å². The van der Waals surface area contributed by atoms with Crippen LogP contribution in [0.5, 0.6) is 0 Å². The van der Waals surface area contributed by atoms with Crippen LogP contribution in [-0.2, 0) is 4.74 Å². The highest BCUT2D eigenvalue weighted by molar-refractivity contribution is 5.87. The molecular formula is C16H14FNO3. The Balaban J connectivity index is 2.28. The number of hydrogen-bond donors (Lipinski definition) is 0. The van der Waals surface area contributed by atoms with Gasteiger partial charge in [0.15, 0.2) is 0 Å². The second-order valence-corrected chi connectivity index (χ2v) is 5.47. The third-order valence-corrected chi connectivity index (χ3v) is 2.58. The fourth-order valence-electron chi connectivity index (χ4n) is 1.70. The van der Waals surface area contributed by atoms with Crippen LogP contribution in [0.1, 0.15) is 36.9 Å². The second kappa shape index (κ2) is 5.41. The molecule has 4 nitrogen and oxygen atoms in total. The molecule has 0 unspecified atom stereocenters. The highest BCUT2D eigenvalue weighted by atomic mass is 19.1. The fourth-order valence-corrected chi connectivity index (χ4v) is 1.70. The average molecular weight is 287 g/mol. The number of hydrogen-bond acceptors (Lipinski definition) is 4. The maximum atomic E-state index is 13.3. The summed E-state index contributed by atoms with van der Waals surface area (Å²) in [5.74, 6) is -0.744. The third-order valence-electron chi connectivity index (χ3n) is 2.58. The Morgan fingerprint density at radius 1 is 1.29 bits per heavy atom. The molecule has 2 aromatic rings. The number of benzene rings is 1. The Labute approximate surface area is 121 Å². The molecule has 21 heavy (non-hydrogen) atoms. The van der Waals surface area contributed by atoms with Crippen molar-refractivity contribution in [2.24, 2.45) is 0 Å². The highest BCUT2D eigenvalue weighted by Crippen LogP contribution is 2.25. The zero-order valence-corrected chi connectivity index (χ0v) is 11.9. The molecule has 0 bridgehead atoms. The topological polar surface area (TPSA) is 63.2 Å². The fraction of sp³-hybridized carbons (Fsp3) is 0.250. The van der Waals surface area contributed by atoms with E-state index >= 15 is 0 Å². The molecular weight excluding hydrogens is 273 g/mol. The molecule has 0 amide bonds. The number of furan rings is 1. The molecule has 0 atom stereocenters. The predicted molar refractivity (Wildman–Crippen MR) is 74.0 cm³/mol. The smallest absolute Gasteiger partial charge is 0.374 e. The van der Waals surface area contributed by atoms with Gasteiger partial charge < -0.3 is 9.15 Å². The summed E-state index contributed by atoms with van der Waals surface area (Å²) in [4.78, 5) is 11.9. The minimum atomic E-state index is -0.617. The maximum Gasteiger partial charge on any atom is 0.374 e. The molecule has 1 aromatic heterocycles. The molecule has 0 aliphatic heterocycles. The zero-order valence-electron chi connectivity index (χ0n) is 11.9. The van der Waals surface area contributed by atoms with Crippen LogP contribution >= 0.6 is 0 Å². The molecule has 0 spiro atoms. The van der Waals surface area contributed by atoms with Crippen molar-refractivity contribution in [3.63, 3.8) is 0 Å². The second-order valence-electron chi connectivity index (χ2n) is 5.47. The van der Waals surface area contributed by atoms with E-state index in [1.54, 1.807) is 32.9 Å². The number of rotatable bonds is 2. The lowest BCUT2D eigenvalue weighted by Crippen LogP contribution is -2.23. The van der Waals surface area contributed by atoms with Crippen LogP contribution in [0.4, 0.5) is 4.39 Å². The summed E-state index contributed by atoms with van der Waals surface area (Å²) in [6.07, 6.45) is 0. The Morgan fingerprint density at radius 3 is 2.62 bits per heavy atom. The van der Waals surface area contributed by atoms with Gasteiger partial charge in [0, 0.05) is 5.56 Å². The number of esters is 1. The van der Waals surface area contributed by atoms with Crippen LogP contribution in [0.15, 0.2) is 34.7 Å². The van der Waals surface area contributed by atoms with Crippen molar-refractivity contribution in [1.82, 2.24) is 0 Å². The lowest BCUT2D eigenvalue weighted by Gasteiger charge is -2.18. The minimum absolute atomic E-state index is 0.0581. The first-order valence-corrected chi connectivity index (χ1v) is 6.33. The van der Waals surface area contributed by atoms with Gasteiger partial charge in [0.25, 0.3) is 0 Å². The van der Waals surface area contributed by atoms with E-state index in [1.165, 1.54) is 24.3 Å². The Hall–Kier alpha value is -2.61. The molecule has 0 fully saturated rings. The van der Waals surface area contributed by atoms with Gasteiger partial charge in [-0.3, -0.25) is 0 Å². The minimum Gasteiger partial charge on any atom is -0.454 e. The zero-order chi connectivity index (χ0) is 15.6. The van der Waals surface area contributed by atoms with Gasteiger partial charge in [-0.05, 0) is 51.1 Å². The standard InChI is InChI=1S/C16H14FNO3/c1-16(2,3)21-15(19)14-7-6-13(20-14)10-4-5-12(17)11(8-10)9-18/h4-8H,1-3H3. The van der Waals surface area contributed by atoms with E-state index in [-0.39, 0.29) is 11.3 Å². The molecule has 0 N–H and O–H groups in total. The molecule has 0 radical (unpaired) electrons. The van der Waals surface area contributed by atoms with Crippen LogP contribution < -0.4 is 0 Å². The van der Waals surface area contributed by atoms with Crippen molar-refractivity contribution in [1.29, 1.82) is 5.26 Å². The number of nitriles is 1. The van der Waals surface area contributed by atoms with Crippen molar-refractivity contribution in [2.75, 3.05) is 0 Å². The number of ether oxygens (including phenoxy) is 1. The summed E-state index contributed by atoms with van der Waals surface area (Å²) in [5.41, 5.74) is -0.182. The Morgan fingerprint density at radius 2 is 2.00 bits per heavy atom. The van der Waals surface area contributed by atoms with Crippen LogP contribution in [0.25, 0.3) is 11.3 Å². The lowest BCUT2D eigenvalue weighted by molar-refractivity contribution is 0.00368. The number of carbonyl (C=O) groups excluding carboxylic acids is 1. The average Bonchev–Trinajstić information content (AvgIpc) is 2.87. The molecule has 5 heteroatoms. The van der Waals surface area contributed by atoms with Crippen molar-refractivity contribution >= 4 is 5.97 Å². The molecule has 0 aliphatic carbocycles. The molecule has 0 saturated carbocycles. The van der Waals surface area contributed by atoms with E-state index in [4.69, 9.17) is 14.4 Å². The molecule has 1 aromatic carbocycles. The maximum absolute atomic E-state index is 13.3. The molecule has 0 aliphatic rings. The van der Waals surface area contributed by atoms with E-state index < -0.39 is 17.4 Å². The van der Waals surface area contributed by atoms with Crippen molar-refractivity contribution in [3.8, 4) is 17.4 Å². The summed E-state index contributed by atoms with van der Waals surface area (Å²) in [6.45, 7) is 5.27. The lowest BCUT2D eigenvalue weighted by atomic mass is 10.1. The van der Waals surface area contributed by atoms with Gasteiger partial charge in [0.05, 0.1) is 5.56 Å². The summed E-state index contributed by atoms with van der Waals surface area (Å²) in [7, 11) is 0. The first kappa shape index (κ1) is 14.8. The van der Waals surface area contributed by atoms with Crippen LogP contribution in [0.2, 0.25) is 0 Å². The van der Waals surface area contributed by atoms with Gasteiger partial charge >= 0.3 is 5.97 Å². The number of nitrogens with zero attached hydrogens (tertiary/aromatic N) is 1. The largest absolute Gasteiger partial charge is 0.454 e. The Kier molecular flexibility index (Phi) is 3.81. The number of carbonyl (C=O) groups is 1. The molecule has 2 rings (SSSR count). The van der Waals surface area contributed by atoms with Crippen molar-refractivity contribution in [3.05, 3.63) is 47.5 Å². The highest BCUT2D eigenvalue weighted by Gasteiger charge is 2.21. The van der Waals surface area contributed by atoms with E-state index in [2.05, 4.69) is 0 Å². The van der Waals surface area contributed by atoms with E-state index in [1.807, 2.05) is 0 Å². The van der Waals surface area contributed by atoms with E-state index in [9.17, 15) is 9.18 Å². The quantitative estimate of drug-likeness (QED) is 0.785. The predicted octanol–water partition coefficient (Wildman–Crippen LogP) is 3.91. The van der Waals surface area contributed by atoms with E-state index in [0.29, 0.717) is 11.3 Å². The monoisotopic (exact) mass is 287 g/mol. The van der Waals surface area contributed by atoms with Gasteiger partial charge in [0.2, 0.25) is 5.76 Å². The molecule has 1 heterocycles. The SMILES string of the molecule is CC(C)(C)OC(=O)c1ccc(-c2ccc(F)c(C#N)c2)o1. The van der Waals surface area contributed by atoms with Crippen LogP contribution in [-0.4, -0.2) is 11.6 Å². The van der Waals surface area contributed by atoms with E-state index in [0.717, 1.165) is 0 Å². The van der Waals surface area contributed by atoms with Gasteiger partial charge in [-0.15, -0.1) is 0 Å². The van der Waals surface area contributed by atoms with Crippen LogP contribution in [0.3, 0.4) is 0 Å². The first-order chi connectivity index (χ1) is 9.80. The van der Waals surface area contributed by atoms with Gasteiger partial charge in [-0.25, -0.2) is 9.18 Å². The van der Waals surface area contributed by atoms with Crippen molar-refractivity contribution in [2.45, 2.75) is 26.4 Å². The third kappa shape index (κ3) is 3.48.